The Morgan fingerprint density at radius 2 is 1.96 bits per heavy atom. The molecule has 24 heavy (non-hydrogen) atoms. The maximum Gasteiger partial charge on any atom is 0.191 e. The predicted molar refractivity (Wildman–Crippen MR) is 108 cm³/mol. The van der Waals surface area contributed by atoms with Gasteiger partial charge in [-0.15, -0.1) is 24.0 Å². The molecular weight excluding hydrogens is 415 g/mol. The van der Waals surface area contributed by atoms with Crippen LogP contribution in [-0.4, -0.2) is 18.2 Å². The van der Waals surface area contributed by atoms with E-state index in [2.05, 4.69) is 70.2 Å². The molecule has 0 aliphatic carbocycles. The minimum Gasteiger partial charge on any atom is -0.364 e. The second-order valence-electron chi connectivity index (χ2n) is 5.39. The maximum atomic E-state index is 4.82. The number of fused-ring (bicyclic) bond motifs is 1. The normalized spacial score (nSPS) is 12.5. The Balaban J connectivity index is 0.00000208. The molecule has 0 fully saturated rings. The number of hydrogen-bond acceptors (Lipinski definition) is 3. The van der Waals surface area contributed by atoms with E-state index in [9.17, 15) is 0 Å². The van der Waals surface area contributed by atoms with Crippen molar-refractivity contribution in [1.82, 2.24) is 15.8 Å². The lowest BCUT2D eigenvalue weighted by Gasteiger charge is -2.18. The molecule has 126 valence electrons. The van der Waals surface area contributed by atoms with E-state index < -0.39 is 0 Å². The van der Waals surface area contributed by atoms with Gasteiger partial charge in [0.05, 0.1) is 12.6 Å². The average Bonchev–Trinajstić information content (AvgIpc) is 3.11. The van der Waals surface area contributed by atoms with Gasteiger partial charge in [0.25, 0.3) is 0 Å². The summed E-state index contributed by atoms with van der Waals surface area (Å²) >= 11 is 0. The summed E-state index contributed by atoms with van der Waals surface area (Å²) < 4.78 is 4.82. The number of nitrogens with one attached hydrogen (secondary N) is 2. The monoisotopic (exact) mass is 436 g/mol. The van der Waals surface area contributed by atoms with Crippen LogP contribution in [0.4, 0.5) is 0 Å². The number of aliphatic imine (C=N–C) groups is 1. The van der Waals surface area contributed by atoms with E-state index in [4.69, 9.17) is 4.52 Å². The van der Waals surface area contributed by atoms with Crippen molar-refractivity contribution in [3.8, 4) is 0 Å². The predicted octanol–water partition coefficient (Wildman–Crippen LogP) is 3.87. The molecular formula is C18H21IN4O. The molecule has 2 aromatic carbocycles. The van der Waals surface area contributed by atoms with E-state index in [0.717, 1.165) is 11.7 Å². The molecule has 3 aromatic rings. The van der Waals surface area contributed by atoms with E-state index in [0.29, 0.717) is 6.54 Å². The van der Waals surface area contributed by atoms with Gasteiger partial charge in [0, 0.05) is 13.1 Å². The quantitative estimate of drug-likeness (QED) is 0.370. The molecule has 3 rings (SSSR count). The second kappa shape index (κ2) is 8.68. The first-order chi connectivity index (χ1) is 11.3. The highest BCUT2D eigenvalue weighted by Crippen LogP contribution is 2.20. The highest BCUT2D eigenvalue weighted by atomic mass is 127. The van der Waals surface area contributed by atoms with Crippen LogP contribution in [-0.2, 0) is 6.54 Å². The second-order valence-corrected chi connectivity index (χ2v) is 5.39. The molecule has 0 bridgehead atoms. The Hall–Kier alpha value is -2.09. The smallest absolute Gasteiger partial charge is 0.191 e. The van der Waals surface area contributed by atoms with Gasteiger partial charge in [-0.05, 0) is 29.3 Å². The van der Waals surface area contributed by atoms with Gasteiger partial charge in [0.2, 0.25) is 0 Å². The summed E-state index contributed by atoms with van der Waals surface area (Å²) in [5, 5.41) is 13.0. The van der Waals surface area contributed by atoms with Crippen LogP contribution in [0.3, 0.4) is 0 Å². The third-order valence-corrected chi connectivity index (χ3v) is 3.78. The van der Waals surface area contributed by atoms with E-state index in [1.165, 1.54) is 16.3 Å². The summed E-state index contributed by atoms with van der Waals surface area (Å²) in [5.41, 5.74) is 2.05. The van der Waals surface area contributed by atoms with E-state index in [-0.39, 0.29) is 30.0 Å². The van der Waals surface area contributed by atoms with E-state index >= 15 is 0 Å². The number of benzene rings is 2. The maximum absolute atomic E-state index is 4.82. The number of nitrogens with zero attached hydrogens (tertiary/aromatic N) is 2. The lowest BCUT2D eigenvalue weighted by atomic mass is 10.0. The molecule has 0 amide bonds. The van der Waals surface area contributed by atoms with E-state index in [1.807, 2.05) is 6.07 Å². The van der Waals surface area contributed by atoms with Crippen LogP contribution in [0.5, 0.6) is 0 Å². The number of hydrogen-bond donors (Lipinski definition) is 2. The van der Waals surface area contributed by atoms with Crippen molar-refractivity contribution < 1.29 is 4.52 Å². The minimum atomic E-state index is 0. The highest BCUT2D eigenvalue weighted by Gasteiger charge is 2.09. The molecule has 0 aliphatic rings. The molecule has 0 aliphatic heterocycles. The molecule has 0 saturated heterocycles. The summed E-state index contributed by atoms with van der Waals surface area (Å²) in [6.07, 6.45) is 1.56. The Kier molecular flexibility index (Phi) is 6.60. The van der Waals surface area contributed by atoms with Gasteiger partial charge in [-0.25, -0.2) is 0 Å². The Bertz CT molecular complexity index is 802. The summed E-state index contributed by atoms with van der Waals surface area (Å²) in [6.45, 7) is 2.69. The van der Waals surface area contributed by atoms with Crippen molar-refractivity contribution in [3.05, 3.63) is 66.1 Å². The Labute approximate surface area is 158 Å². The van der Waals surface area contributed by atoms with Crippen LogP contribution in [0.15, 0.2) is 64.3 Å². The topological polar surface area (TPSA) is 62.5 Å². The average molecular weight is 436 g/mol. The summed E-state index contributed by atoms with van der Waals surface area (Å²) in [4.78, 5) is 4.25. The molecule has 0 saturated carbocycles. The molecule has 1 atom stereocenters. The first kappa shape index (κ1) is 18.3. The number of guanidine groups is 1. The molecule has 2 N–H and O–H groups in total. The third kappa shape index (κ3) is 4.47. The van der Waals surface area contributed by atoms with Crippen LogP contribution >= 0.6 is 24.0 Å². The van der Waals surface area contributed by atoms with Crippen molar-refractivity contribution in [2.75, 3.05) is 7.05 Å². The van der Waals surface area contributed by atoms with Gasteiger partial charge < -0.3 is 15.2 Å². The zero-order valence-corrected chi connectivity index (χ0v) is 16.0. The van der Waals surface area contributed by atoms with Crippen LogP contribution in [0, 0.1) is 0 Å². The number of aromatic nitrogens is 1. The van der Waals surface area contributed by atoms with Gasteiger partial charge >= 0.3 is 0 Å². The fourth-order valence-corrected chi connectivity index (χ4v) is 2.46. The molecule has 0 radical (unpaired) electrons. The minimum absolute atomic E-state index is 0. The number of halogens is 1. The van der Waals surface area contributed by atoms with Crippen LogP contribution in [0.2, 0.25) is 0 Å². The highest BCUT2D eigenvalue weighted by molar-refractivity contribution is 14.0. The fourth-order valence-electron chi connectivity index (χ4n) is 2.46. The third-order valence-electron chi connectivity index (χ3n) is 3.78. The van der Waals surface area contributed by atoms with Crippen molar-refractivity contribution in [1.29, 1.82) is 0 Å². The first-order valence-corrected chi connectivity index (χ1v) is 7.61. The van der Waals surface area contributed by atoms with Gasteiger partial charge in [0.1, 0.15) is 12.0 Å². The largest absolute Gasteiger partial charge is 0.364 e. The van der Waals surface area contributed by atoms with Crippen molar-refractivity contribution >= 4 is 40.7 Å². The lowest BCUT2D eigenvalue weighted by Crippen LogP contribution is -2.38. The zero-order valence-electron chi connectivity index (χ0n) is 13.7. The van der Waals surface area contributed by atoms with Gasteiger partial charge in [-0.3, -0.25) is 4.99 Å². The molecule has 0 spiro atoms. The molecule has 1 heterocycles. The molecule has 6 heteroatoms. The SMILES string of the molecule is CN=C(NCc1ccon1)NC(C)c1ccc2ccccc2c1.I. The molecule has 1 unspecified atom stereocenters. The van der Waals surface area contributed by atoms with Crippen LogP contribution in [0.25, 0.3) is 10.8 Å². The summed E-state index contributed by atoms with van der Waals surface area (Å²) in [5.74, 6) is 0.730. The van der Waals surface area contributed by atoms with Gasteiger partial charge in [-0.1, -0.05) is 41.6 Å². The van der Waals surface area contributed by atoms with Gasteiger partial charge in [-0.2, -0.15) is 0 Å². The Morgan fingerprint density at radius 1 is 1.17 bits per heavy atom. The zero-order chi connectivity index (χ0) is 16.1. The van der Waals surface area contributed by atoms with Crippen molar-refractivity contribution in [2.45, 2.75) is 19.5 Å². The fraction of sp³-hybridized carbons (Fsp3) is 0.222. The lowest BCUT2D eigenvalue weighted by molar-refractivity contribution is 0.410. The first-order valence-electron chi connectivity index (χ1n) is 7.61. The Morgan fingerprint density at radius 3 is 2.67 bits per heavy atom. The van der Waals surface area contributed by atoms with Crippen LogP contribution < -0.4 is 10.6 Å². The standard InChI is InChI=1S/C18H20N4O.HI/c1-13(15-8-7-14-5-3-4-6-16(14)11-15)21-18(19-2)20-12-17-9-10-23-22-17;/h3-11,13H,12H2,1-2H3,(H2,19,20,21);1H. The van der Waals surface area contributed by atoms with Crippen LogP contribution in [0.1, 0.15) is 24.2 Å². The summed E-state index contributed by atoms with van der Waals surface area (Å²) in [7, 11) is 1.76. The van der Waals surface area contributed by atoms with Gasteiger partial charge in [0.15, 0.2) is 5.96 Å². The molecule has 5 nitrogen and oxygen atoms in total. The van der Waals surface area contributed by atoms with E-state index in [1.54, 1.807) is 13.3 Å². The van der Waals surface area contributed by atoms with Crippen molar-refractivity contribution in [2.24, 2.45) is 4.99 Å². The van der Waals surface area contributed by atoms with Crippen molar-refractivity contribution in [3.63, 3.8) is 0 Å². The molecule has 1 aromatic heterocycles. The summed E-state index contributed by atoms with van der Waals surface area (Å²) in [6, 6.07) is 16.8. The number of rotatable bonds is 4.